The van der Waals surface area contributed by atoms with E-state index < -0.39 is 47.3 Å². The Labute approximate surface area is 370 Å². The molecule has 5 aromatic rings. The number of amides is 5. The monoisotopic (exact) mass is 895 g/mol. The number of unbranched alkanes of at least 4 members (excludes halogenated alkanes) is 2. The molecule has 18 heteroatoms. The van der Waals surface area contributed by atoms with E-state index in [2.05, 4.69) is 32.4 Å². The summed E-state index contributed by atoms with van der Waals surface area (Å²) in [6, 6.07) is 15.4. The number of nitrogens with one attached hydrogen (secondary N) is 2. The molecule has 1 atom stereocenters. The van der Waals surface area contributed by atoms with Gasteiger partial charge in [-0.25, -0.2) is 9.50 Å². The maximum absolute atomic E-state index is 13.3. The van der Waals surface area contributed by atoms with Gasteiger partial charge in [0.2, 0.25) is 11.8 Å². The summed E-state index contributed by atoms with van der Waals surface area (Å²) in [7, 11) is 0. The fraction of sp³-hybridized carbons (Fsp3) is 0.326. The van der Waals surface area contributed by atoms with Crippen molar-refractivity contribution in [2.24, 2.45) is 0 Å². The molecule has 2 aromatic heterocycles. The fourth-order valence-corrected chi connectivity index (χ4v) is 8.19. The largest absolute Gasteiger partial charge is 0.493 e. The number of ether oxygens (including phenoxy) is 2. The number of hydrogen-bond acceptors (Lipinski definition) is 10. The minimum absolute atomic E-state index is 0.0450. The highest BCUT2D eigenvalue weighted by molar-refractivity contribution is 6.31. The number of imide groups is 2. The van der Waals surface area contributed by atoms with Gasteiger partial charge in [-0.3, -0.25) is 34.2 Å². The van der Waals surface area contributed by atoms with Crippen molar-refractivity contribution < 1.29 is 46.6 Å². The number of halogens is 4. The van der Waals surface area contributed by atoms with Gasteiger partial charge in [-0.2, -0.15) is 13.2 Å². The third-order valence-electron chi connectivity index (χ3n) is 11.3. The fourth-order valence-electron chi connectivity index (χ4n) is 7.96. The van der Waals surface area contributed by atoms with Gasteiger partial charge in [0.1, 0.15) is 23.3 Å². The number of piperidine rings is 2. The SMILES string of the molecule is Cc1c(C#Cc2cnc3ccc(N4CCC(OCCCCCOc5cccc6c5C(=O)N(C5CCC(=O)NC5=O)C6=O)CC4)nn23)cccc1C(=O)Nc1cc(Cl)cc(C(F)(F)F)c1. The van der Waals surface area contributed by atoms with Crippen LogP contribution < -0.4 is 20.3 Å². The molecule has 1 unspecified atom stereocenters. The molecule has 330 valence electrons. The van der Waals surface area contributed by atoms with Crippen molar-refractivity contribution in [3.05, 3.63) is 117 Å². The molecule has 0 saturated carbocycles. The molecule has 3 aliphatic heterocycles. The van der Waals surface area contributed by atoms with Crippen molar-refractivity contribution >= 4 is 58.3 Å². The lowest BCUT2D eigenvalue weighted by molar-refractivity contribution is -0.138. The van der Waals surface area contributed by atoms with Crippen LogP contribution in [0.25, 0.3) is 5.65 Å². The number of nitrogens with zero attached hydrogens (tertiary/aromatic N) is 5. The lowest BCUT2D eigenvalue weighted by Crippen LogP contribution is -2.54. The summed E-state index contributed by atoms with van der Waals surface area (Å²) < 4.78 is 53.8. The van der Waals surface area contributed by atoms with Crippen LogP contribution in [0.1, 0.15) is 98.4 Å². The number of rotatable bonds is 12. The lowest BCUT2D eigenvalue weighted by Gasteiger charge is -2.32. The van der Waals surface area contributed by atoms with Gasteiger partial charge in [0.15, 0.2) is 5.65 Å². The third kappa shape index (κ3) is 9.43. The predicted octanol–water partition coefficient (Wildman–Crippen LogP) is 7.00. The normalized spacial score (nSPS) is 16.7. The Bertz CT molecular complexity index is 2740. The van der Waals surface area contributed by atoms with Crippen LogP contribution >= 0.6 is 11.6 Å². The first-order valence-corrected chi connectivity index (χ1v) is 21.1. The smallest absolute Gasteiger partial charge is 0.416 e. The van der Waals surface area contributed by atoms with Crippen LogP contribution in [0.5, 0.6) is 5.75 Å². The van der Waals surface area contributed by atoms with E-state index in [4.69, 9.17) is 26.2 Å². The van der Waals surface area contributed by atoms with Crippen molar-refractivity contribution in [1.29, 1.82) is 0 Å². The molecule has 14 nitrogen and oxygen atoms in total. The highest BCUT2D eigenvalue weighted by Crippen LogP contribution is 2.35. The number of aromatic nitrogens is 3. The number of anilines is 2. The van der Waals surface area contributed by atoms with E-state index in [1.54, 1.807) is 48.0 Å². The standard InChI is InChI=1S/C46H41ClF3N7O7/c1-27-28(7-5-8-34(27)42(59)52-31-24-29(46(48,49)50)23-30(47)25-31)11-12-32-26-51-38-14-15-39(54-57(32)38)55-19-17-33(18-20-55)63-21-3-2-4-22-64-37-10-6-9-35-41(37)45(62)56(44(35)61)36-13-16-40(58)53-43(36)60/h5-10,14-15,23-26,33,36H,2-4,13,16-22H2,1H3,(H,52,59)(H,53,58,60). The van der Waals surface area contributed by atoms with Crippen molar-refractivity contribution in [3.8, 4) is 17.6 Å². The second-order valence-corrected chi connectivity index (χ2v) is 16.0. The van der Waals surface area contributed by atoms with E-state index in [1.165, 1.54) is 12.1 Å². The molecule has 2 saturated heterocycles. The first-order valence-electron chi connectivity index (χ1n) is 20.7. The zero-order valence-electron chi connectivity index (χ0n) is 34.5. The van der Waals surface area contributed by atoms with Gasteiger partial charge in [0, 0.05) is 48.0 Å². The van der Waals surface area contributed by atoms with E-state index in [0.29, 0.717) is 42.1 Å². The van der Waals surface area contributed by atoms with Gasteiger partial charge >= 0.3 is 6.18 Å². The Kier molecular flexibility index (Phi) is 12.7. The van der Waals surface area contributed by atoms with Crippen molar-refractivity contribution in [2.45, 2.75) is 70.2 Å². The molecule has 5 amide bonds. The Morgan fingerprint density at radius 3 is 2.50 bits per heavy atom. The van der Waals surface area contributed by atoms with Crippen LogP contribution in [0.2, 0.25) is 5.02 Å². The molecule has 2 fully saturated rings. The molecular formula is C46H41ClF3N7O7. The number of carbonyl (C=O) groups is 5. The molecule has 0 radical (unpaired) electrons. The Hall–Kier alpha value is -6.77. The quantitative estimate of drug-likeness (QED) is 0.0758. The van der Waals surface area contributed by atoms with Gasteiger partial charge in [0.25, 0.3) is 17.7 Å². The zero-order valence-corrected chi connectivity index (χ0v) is 35.2. The van der Waals surface area contributed by atoms with E-state index in [-0.39, 0.29) is 52.1 Å². The number of alkyl halides is 3. The minimum atomic E-state index is -4.63. The molecule has 0 spiro atoms. The number of imidazole rings is 1. The molecular weight excluding hydrogens is 855 g/mol. The second-order valence-electron chi connectivity index (χ2n) is 15.6. The van der Waals surface area contributed by atoms with Gasteiger partial charge < -0.3 is 19.7 Å². The van der Waals surface area contributed by atoms with Gasteiger partial charge in [-0.05, 0) is 112 Å². The average Bonchev–Trinajstić information content (AvgIpc) is 3.79. The second kappa shape index (κ2) is 18.5. The van der Waals surface area contributed by atoms with Crippen LogP contribution in [0, 0.1) is 18.8 Å². The summed E-state index contributed by atoms with van der Waals surface area (Å²) in [4.78, 5) is 71.1. The Balaban J connectivity index is 0.797. The maximum atomic E-state index is 13.3. The van der Waals surface area contributed by atoms with Gasteiger partial charge in [0.05, 0.1) is 35.6 Å². The van der Waals surface area contributed by atoms with Crippen LogP contribution in [0.4, 0.5) is 24.7 Å². The number of benzene rings is 3. The molecule has 5 heterocycles. The third-order valence-corrected chi connectivity index (χ3v) is 11.5. The average molecular weight is 896 g/mol. The molecule has 0 bridgehead atoms. The van der Waals surface area contributed by atoms with Crippen LogP contribution in [0.3, 0.4) is 0 Å². The maximum Gasteiger partial charge on any atom is 0.416 e. The molecule has 3 aliphatic rings. The number of hydrogen-bond donors (Lipinski definition) is 2. The summed E-state index contributed by atoms with van der Waals surface area (Å²) in [5, 5.41) is 9.39. The molecule has 8 rings (SSSR count). The van der Waals surface area contributed by atoms with Crippen LogP contribution in [-0.2, 0) is 20.5 Å². The minimum Gasteiger partial charge on any atom is -0.493 e. The van der Waals surface area contributed by atoms with E-state index in [9.17, 15) is 37.1 Å². The molecule has 3 aromatic carbocycles. The first-order chi connectivity index (χ1) is 30.7. The first kappa shape index (κ1) is 43.9. The lowest BCUT2D eigenvalue weighted by atomic mass is 10.0. The van der Waals surface area contributed by atoms with Crippen LogP contribution in [0.15, 0.2) is 72.9 Å². The topological polar surface area (TPSA) is 165 Å². The van der Waals surface area contributed by atoms with E-state index >= 15 is 0 Å². The molecule has 64 heavy (non-hydrogen) atoms. The summed E-state index contributed by atoms with van der Waals surface area (Å²) in [6.07, 6.45) is 1.16. The number of fused-ring (bicyclic) bond motifs is 2. The number of carbonyl (C=O) groups excluding carboxylic acids is 5. The van der Waals surface area contributed by atoms with Crippen LogP contribution in [-0.4, -0.2) is 87.5 Å². The van der Waals surface area contributed by atoms with Gasteiger partial charge in [-0.1, -0.05) is 29.7 Å². The highest BCUT2D eigenvalue weighted by Gasteiger charge is 2.46. The van der Waals surface area contributed by atoms with E-state index in [0.717, 1.165) is 61.6 Å². The Morgan fingerprint density at radius 2 is 1.72 bits per heavy atom. The predicted molar refractivity (Wildman–Crippen MR) is 228 cm³/mol. The van der Waals surface area contributed by atoms with Gasteiger partial charge in [-0.15, -0.1) is 5.10 Å². The summed E-state index contributed by atoms with van der Waals surface area (Å²) >= 11 is 5.90. The highest BCUT2D eigenvalue weighted by atomic mass is 35.5. The van der Waals surface area contributed by atoms with Crippen molar-refractivity contribution in [3.63, 3.8) is 0 Å². The van der Waals surface area contributed by atoms with E-state index in [1.807, 2.05) is 12.1 Å². The van der Waals surface area contributed by atoms with Crippen molar-refractivity contribution in [1.82, 2.24) is 24.8 Å². The summed E-state index contributed by atoms with van der Waals surface area (Å²) in [5.74, 6) is 4.37. The summed E-state index contributed by atoms with van der Waals surface area (Å²) in [5.41, 5.74) is 1.72. The zero-order chi connectivity index (χ0) is 45.1. The molecule has 0 aliphatic carbocycles. The Morgan fingerprint density at radius 1 is 0.938 bits per heavy atom. The molecule has 2 N–H and O–H groups in total. The van der Waals surface area contributed by atoms with Crippen molar-refractivity contribution in [2.75, 3.05) is 36.5 Å². The summed E-state index contributed by atoms with van der Waals surface area (Å²) in [6.45, 7) is 4.09.